The van der Waals surface area contributed by atoms with Crippen molar-refractivity contribution in [2.24, 2.45) is 0 Å². The zero-order chi connectivity index (χ0) is 14.3. The zero-order valence-corrected chi connectivity index (χ0v) is 12.7. The van der Waals surface area contributed by atoms with Gasteiger partial charge in [-0.05, 0) is 29.9 Å². The molecule has 2 nitrogen and oxygen atoms in total. The molecule has 0 atom stereocenters. The topological polar surface area (TPSA) is 38.9 Å². The molecule has 3 rings (SSSR count). The predicted molar refractivity (Wildman–Crippen MR) is 86.1 cm³/mol. The predicted octanol–water partition coefficient (Wildman–Crippen LogP) is 4.77. The van der Waals surface area contributed by atoms with E-state index in [1.165, 1.54) is 36.9 Å². The molecule has 106 valence electrons. The van der Waals surface area contributed by atoms with Crippen LogP contribution in [0.15, 0.2) is 24.3 Å². The van der Waals surface area contributed by atoms with Crippen molar-refractivity contribution < 1.29 is 0 Å². The van der Waals surface area contributed by atoms with Gasteiger partial charge >= 0.3 is 0 Å². The molecule has 20 heavy (non-hydrogen) atoms. The van der Waals surface area contributed by atoms with Crippen LogP contribution >= 0.6 is 0 Å². The van der Waals surface area contributed by atoms with Crippen LogP contribution in [-0.2, 0) is 5.41 Å². The summed E-state index contributed by atoms with van der Waals surface area (Å²) in [6.45, 7) is 6.71. The highest BCUT2D eigenvalue weighted by atomic mass is 14.7. The molecule has 1 fully saturated rings. The lowest BCUT2D eigenvalue weighted by Crippen LogP contribution is -2.13. The second-order valence-electron chi connectivity index (χ2n) is 7.07. The first-order valence-electron chi connectivity index (χ1n) is 7.66. The summed E-state index contributed by atoms with van der Waals surface area (Å²) < 4.78 is 0. The average molecular weight is 268 g/mol. The van der Waals surface area contributed by atoms with Gasteiger partial charge in [0.25, 0.3) is 0 Å². The maximum atomic E-state index is 6.30. The Morgan fingerprint density at radius 2 is 1.85 bits per heavy atom. The van der Waals surface area contributed by atoms with E-state index in [-0.39, 0.29) is 5.41 Å². The van der Waals surface area contributed by atoms with Crippen LogP contribution < -0.4 is 5.73 Å². The van der Waals surface area contributed by atoms with Crippen molar-refractivity contribution in [2.75, 3.05) is 5.73 Å². The van der Waals surface area contributed by atoms with Crippen LogP contribution in [-0.4, -0.2) is 4.98 Å². The van der Waals surface area contributed by atoms with E-state index in [0.717, 1.165) is 16.6 Å². The van der Waals surface area contributed by atoms with Gasteiger partial charge in [0.1, 0.15) is 0 Å². The summed E-state index contributed by atoms with van der Waals surface area (Å²) in [7, 11) is 0. The van der Waals surface area contributed by atoms with Gasteiger partial charge in [-0.2, -0.15) is 0 Å². The average Bonchev–Trinajstić information content (AvgIpc) is 2.90. The Bertz CT molecular complexity index is 632. The fourth-order valence-corrected chi connectivity index (χ4v) is 3.33. The van der Waals surface area contributed by atoms with Crippen LogP contribution in [0.25, 0.3) is 10.9 Å². The van der Waals surface area contributed by atoms with Crippen molar-refractivity contribution in [3.05, 3.63) is 35.5 Å². The van der Waals surface area contributed by atoms with Crippen LogP contribution in [0.3, 0.4) is 0 Å². The Hall–Kier alpha value is -1.57. The van der Waals surface area contributed by atoms with Gasteiger partial charge < -0.3 is 5.73 Å². The van der Waals surface area contributed by atoms with E-state index in [0.29, 0.717) is 5.92 Å². The van der Waals surface area contributed by atoms with Crippen molar-refractivity contribution >= 4 is 16.6 Å². The van der Waals surface area contributed by atoms with Gasteiger partial charge in [0.05, 0.1) is 5.52 Å². The first-order chi connectivity index (χ1) is 9.47. The molecular formula is C18H24N2. The Balaban J connectivity index is 2.22. The number of nitrogen functional groups attached to an aromatic ring is 1. The lowest BCUT2D eigenvalue weighted by Gasteiger charge is -2.22. The van der Waals surface area contributed by atoms with Crippen LogP contribution in [0.5, 0.6) is 0 Å². The van der Waals surface area contributed by atoms with E-state index in [1.54, 1.807) is 0 Å². The Morgan fingerprint density at radius 3 is 2.50 bits per heavy atom. The quantitative estimate of drug-likeness (QED) is 0.809. The molecule has 0 unspecified atom stereocenters. The number of pyridine rings is 1. The molecule has 0 saturated heterocycles. The molecule has 0 spiro atoms. The molecule has 1 aromatic heterocycles. The van der Waals surface area contributed by atoms with E-state index < -0.39 is 0 Å². The van der Waals surface area contributed by atoms with Crippen molar-refractivity contribution in [2.45, 2.75) is 57.8 Å². The molecule has 1 saturated carbocycles. The number of hydrogen-bond donors (Lipinski definition) is 1. The Kier molecular flexibility index (Phi) is 3.19. The molecule has 1 aliphatic rings. The number of fused-ring (bicyclic) bond motifs is 1. The lowest BCUT2D eigenvalue weighted by molar-refractivity contribution is 0.594. The van der Waals surface area contributed by atoms with Gasteiger partial charge in [-0.15, -0.1) is 0 Å². The van der Waals surface area contributed by atoms with Gasteiger partial charge in [-0.3, -0.25) is 4.98 Å². The van der Waals surface area contributed by atoms with Crippen LogP contribution in [0, 0.1) is 0 Å². The van der Waals surface area contributed by atoms with Crippen molar-refractivity contribution in [3.8, 4) is 0 Å². The number of benzene rings is 1. The smallest absolute Gasteiger partial charge is 0.0763 e. The largest absolute Gasteiger partial charge is 0.398 e. The second kappa shape index (κ2) is 4.76. The number of nitrogens with zero attached hydrogens (tertiary/aromatic N) is 1. The maximum Gasteiger partial charge on any atom is 0.0763 e. The summed E-state index contributed by atoms with van der Waals surface area (Å²) in [4.78, 5) is 5.00. The highest BCUT2D eigenvalue weighted by molar-refractivity contribution is 5.93. The number of para-hydroxylation sites is 1. The van der Waals surface area contributed by atoms with Crippen molar-refractivity contribution in [1.29, 1.82) is 0 Å². The third-order valence-corrected chi connectivity index (χ3v) is 4.47. The molecule has 0 radical (unpaired) electrons. The second-order valence-corrected chi connectivity index (χ2v) is 7.07. The zero-order valence-electron chi connectivity index (χ0n) is 12.7. The number of hydrogen-bond acceptors (Lipinski definition) is 2. The summed E-state index contributed by atoms with van der Waals surface area (Å²) in [6.07, 6.45) is 5.17. The number of nitrogens with two attached hydrogens (primary N) is 1. The Labute approximate surface area is 121 Å². The number of rotatable bonds is 1. The molecule has 1 heterocycles. The van der Waals surface area contributed by atoms with Crippen molar-refractivity contribution in [1.82, 2.24) is 4.98 Å². The van der Waals surface area contributed by atoms with Gasteiger partial charge in [0, 0.05) is 22.7 Å². The minimum Gasteiger partial charge on any atom is -0.398 e. The standard InChI is InChI=1S/C18H24N2/c1-18(2,3)14-10-6-9-13-15(19)11-16(20-17(13)14)12-7-4-5-8-12/h6,9-12H,4-5,7-8H2,1-3H3,(H2,19,20). The molecule has 1 aliphatic carbocycles. The van der Waals surface area contributed by atoms with Gasteiger partial charge in [-0.1, -0.05) is 51.8 Å². The fraction of sp³-hybridized carbons (Fsp3) is 0.500. The highest BCUT2D eigenvalue weighted by Crippen LogP contribution is 2.37. The Morgan fingerprint density at radius 1 is 1.15 bits per heavy atom. The molecule has 0 amide bonds. The van der Waals surface area contributed by atoms with E-state index in [1.807, 2.05) is 0 Å². The number of aromatic nitrogens is 1. The van der Waals surface area contributed by atoms with Gasteiger partial charge in [0.2, 0.25) is 0 Å². The third-order valence-electron chi connectivity index (χ3n) is 4.47. The van der Waals surface area contributed by atoms with Crippen molar-refractivity contribution in [3.63, 3.8) is 0 Å². The molecule has 2 N–H and O–H groups in total. The lowest BCUT2D eigenvalue weighted by atomic mass is 9.85. The minimum atomic E-state index is 0.0905. The van der Waals surface area contributed by atoms with E-state index in [2.05, 4.69) is 45.0 Å². The van der Waals surface area contributed by atoms with Crippen LogP contribution in [0.1, 0.15) is 63.6 Å². The molecule has 0 aliphatic heterocycles. The molecule has 2 heteroatoms. The number of anilines is 1. The first kappa shape index (κ1) is 13.4. The van der Waals surface area contributed by atoms with E-state index >= 15 is 0 Å². The minimum absolute atomic E-state index is 0.0905. The monoisotopic (exact) mass is 268 g/mol. The summed E-state index contributed by atoms with van der Waals surface area (Å²) in [5, 5.41) is 1.10. The van der Waals surface area contributed by atoms with Gasteiger partial charge in [-0.25, -0.2) is 0 Å². The normalized spacial score (nSPS) is 16.9. The van der Waals surface area contributed by atoms with Crippen LogP contribution in [0.4, 0.5) is 5.69 Å². The summed E-state index contributed by atoms with van der Waals surface area (Å²) in [5.41, 5.74) is 10.9. The first-order valence-corrected chi connectivity index (χ1v) is 7.66. The summed E-state index contributed by atoms with van der Waals surface area (Å²) in [6, 6.07) is 8.47. The molecule has 1 aromatic carbocycles. The molecule has 2 aromatic rings. The summed E-state index contributed by atoms with van der Waals surface area (Å²) in [5.74, 6) is 0.606. The van der Waals surface area contributed by atoms with E-state index in [9.17, 15) is 0 Å². The summed E-state index contributed by atoms with van der Waals surface area (Å²) >= 11 is 0. The van der Waals surface area contributed by atoms with Crippen LogP contribution in [0.2, 0.25) is 0 Å². The van der Waals surface area contributed by atoms with E-state index in [4.69, 9.17) is 10.7 Å². The molecule has 0 bridgehead atoms. The molecular weight excluding hydrogens is 244 g/mol. The SMILES string of the molecule is CC(C)(C)c1cccc2c(N)cc(C3CCCC3)nc12. The highest BCUT2D eigenvalue weighted by Gasteiger charge is 2.22. The van der Waals surface area contributed by atoms with Gasteiger partial charge in [0.15, 0.2) is 0 Å². The fourth-order valence-electron chi connectivity index (χ4n) is 3.33. The maximum absolute atomic E-state index is 6.30. The third kappa shape index (κ3) is 2.28.